The summed E-state index contributed by atoms with van der Waals surface area (Å²) < 4.78 is 13.9. The molecular weight excluding hydrogens is 311 g/mol. The summed E-state index contributed by atoms with van der Waals surface area (Å²) >= 11 is 3.31. The van der Waals surface area contributed by atoms with Crippen molar-refractivity contribution in [3.05, 3.63) is 34.1 Å². The lowest BCUT2D eigenvalue weighted by atomic mass is 9.92. The highest BCUT2D eigenvalue weighted by atomic mass is 79.9. The Hall–Kier alpha value is -0.940. The van der Waals surface area contributed by atoms with Crippen molar-refractivity contribution in [3.8, 4) is 0 Å². The first-order valence-corrected chi connectivity index (χ1v) is 7.28. The molecule has 2 rings (SSSR count). The van der Waals surface area contributed by atoms with Gasteiger partial charge in [-0.3, -0.25) is 4.79 Å². The monoisotopic (exact) mass is 328 g/mol. The fourth-order valence-electron chi connectivity index (χ4n) is 2.56. The normalized spacial score (nSPS) is 23.5. The number of hydrogen-bond acceptors (Lipinski definition) is 2. The van der Waals surface area contributed by atoms with E-state index in [0.29, 0.717) is 29.0 Å². The topological polar surface area (TPSA) is 46.3 Å². The number of carbonyl (C=O) groups excluding carboxylic acids is 1. The molecule has 0 saturated carbocycles. The second-order valence-corrected chi connectivity index (χ2v) is 6.00. The number of carbonyl (C=O) groups is 1. The van der Waals surface area contributed by atoms with Gasteiger partial charge in [0, 0.05) is 23.6 Å². The van der Waals surface area contributed by atoms with Crippen LogP contribution < -0.4 is 5.73 Å². The molecule has 1 aromatic carbocycles. The Kier molecular flexibility index (Phi) is 4.58. The molecule has 2 N–H and O–H groups in total. The summed E-state index contributed by atoms with van der Waals surface area (Å²) in [5, 5.41) is 0. The van der Waals surface area contributed by atoms with E-state index in [1.54, 1.807) is 11.0 Å². The van der Waals surface area contributed by atoms with Crippen LogP contribution in [0.2, 0.25) is 0 Å². The Balaban J connectivity index is 2.25. The van der Waals surface area contributed by atoms with Crippen molar-refractivity contribution in [1.82, 2.24) is 4.90 Å². The number of piperidine rings is 1. The third-order valence-corrected chi connectivity index (χ3v) is 4.36. The molecule has 3 nitrogen and oxygen atoms in total. The van der Waals surface area contributed by atoms with Crippen molar-refractivity contribution in [2.75, 3.05) is 13.1 Å². The van der Waals surface area contributed by atoms with Crippen molar-refractivity contribution in [3.63, 3.8) is 0 Å². The molecule has 2 unspecified atom stereocenters. The Morgan fingerprint density at radius 2 is 2.32 bits per heavy atom. The van der Waals surface area contributed by atoms with E-state index >= 15 is 0 Å². The molecule has 1 saturated heterocycles. The van der Waals surface area contributed by atoms with E-state index < -0.39 is 5.82 Å². The third-order valence-electron chi connectivity index (χ3n) is 3.67. The molecule has 1 fully saturated rings. The highest BCUT2D eigenvalue weighted by molar-refractivity contribution is 9.10. The molecule has 0 bridgehead atoms. The highest BCUT2D eigenvalue weighted by Gasteiger charge is 2.30. The largest absolute Gasteiger partial charge is 0.334 e. The summed E-state index contributed by atoms with van der Waals surface area (Å²) in [7, 11) is 0. The van der Waals surface area contributed by atoms with Crippen molar-refractivity contribution >= 4 is 21.8 Å². The van der Waals surface area contributed by atoms with Crippen molar-refractivity contribution in [2.24, 2.45) is 11.7 Å². The minimum absolute atomic E-state index is 0.0476. The fourth-order valence-corrected chi connectivity index (χ4v) is 2.97. The van der Waals surface area contributed by atoms with Gasteiger partial charge >= 0.3 is 0 Å². The SMILES string of the molecule is CC1CCN(C(=O)c2cc(F)ccc2Br)C(CN)C1. The van der Waals surface area contributed by atoms with E-state index in [0.717, 1.165) is 12.8 Å². The molecule has 1 aliphatic rings. The predicted molar refractivity (Wildman–Crippen MR) is 76.4 cm³/mol. The maximum Gasteiger partial charge on any atom is 0.255 e. The van der Waals surface area contributed by atoms with Crippen molar-refractivity contribution in [2.45, 2.75) is 25.8 Å². The quantitative estimate of drug-likeness (QED) is 0.907. The van der Waals surface area contributed by atoms with Crippen molar-refractivity contribution < 1.29 is 9.18 Å². The molecule has 5 heteroatoms. The summed E-state index contributed by atoms with van der Waals surface area (Å²) in [5.74, 6) is 0.0310. The van der Waals surface area contributed by atoms with Crippen LogP contribution >= 0.6 is 15.9 Å². The molecular formula is C14H18BrFN2O. The van der Waals surface area contributed by atoms with Crippen LogP contribution in [0.25, 0.3) is 0 Å². The summed E-state index contributed by atoms with van der Waals surface area (Å²) in [6.45, 7) is 3.30. The predicted octanol–water partition coefficient (Wildman–Crippen LogP) is 2.79. The molecule has 2 atom stereocenters. The van der Waals surface area contributed by atoms with Gasteiger partial charge in [0.25, 0.3) is 5.91 Å². The average Bonchev–Trinajstić information content (AvgIpc) is 2.40. The average molecular weight is 329 g/mol. The van der Waals surface area contributed by atoms with Crippen LogP contribution in [0.1, 0.15) is 30.1 Å². The Labute approximate surface area is 121 Å². The van der Waals surface area contributed by atoms with Gasteiger partial charge < -0.3 is 10.6 Å². The fraction of sp³-hybridized carbons (Fsp3) is 0.500. The number of hydrogen-bond donors (Lipinski definition) is 1. The number of amides is 1. The van der Waals surface area contributed by atoms with E-state index in [4.69, 9.17) is 5.73 Å². The number of nitrogens with two attached hydrogens (primary N) is 1. The van der Waals surface area contributed by atoms with Crippen LogP contribution in [-0.2, 0) is 0 Å². The van der Waals surface area contributed by atoms with E-state index in [-0.39, 0.29) is 11.9 Å². The lowest BCUT2D eigenvalue weighted by Crippen LogP contribution is -2.49. The lowest BCUT2D eigenvalue weighted by molar-refractivity contribution is 0.0572. The molecule has 0 aliphatic carbocycles. The summed E-state index contributed by atoms with van der Waals surface area (Å²) in [6.07, 6.45) is 1.88. The van der Waals surface area contributed by atoms with Gasteiger partial charge in [-0.2, -0.15) is 0 Å². The number of benzene rings is 1. The zero-order valence-corrected chi connectivity index (χ0v) is 12.5. The Bertz CT molecular complexity index is 481. The van der Waals surface area contributed by atoms with Crippen LogP contribution in [0.4, 0.5) is 4.39 Å². The maximum atomic E-state index is 13.3. The molecule has 1 amide bonds. The van der Waals surface area contributed by atoms with E-state index in [1.807, 2.05) is 0 Å². The standard InChI is InChI=1S/C14H18BrFN2O/c1-9-4-5-18(11(6-9)8-17)14(19)12-7-10(16)2-3-13(12)15/h2-3,7,9,11H,4-6,8,17H2,1H3. The van der Waals surface area contributed by atoms with Crippen LogP contribution in [0.15, 0.2) is 22.7 Å². The van der Waals surface area contributed by atoms with Gasteiger partial charge in [0.15, 0.2) is 0 Å². The first-order chi connectivity index (χ1) is 9.02. The number of rotatable bonds is 2. The molecule has 1 heterocycles. The van der Waals surface area contributed by atoms with Gasteiger partial charge in [-0.15, -0.1) is 0 Å². The van der Waals surface area contributed by atoms with Crippen LogP contribution in [-0.4, -0.2) is 29.9 Å². The van der Waals surface area contributed by atoms with E-state index in [2.05, 4.69) is 22.9 Å². The third kappa shape index (κ3) is 3.15. The van der Waals surface area contributed by atoms with E-state index in [1.165, 1.54) is 12.1 Å². The second-order valence-electron chi connectivity index (χ2n) is 5.14. The minimum Gasteiger partial charge on any atom is -0.334 e. The molecule has 104 valence electrons. The smallest absolute Gasteiger partial charge is 0.255 e. The van der Waals surface area contributed by atoms with Gasteiger partial charge in [-0.1, -0.05) is 6.92 Å². The summed E-state index contributed by atoms with van der Waals surface area (Å²) in [6, 6.07) is 4.22. The zero-order chi connectivity index (χ0) is 14.0. The number of halogens is 2. The number of nitrogens with zero attached hydrogens (tertiary/aromatic N) is 1. The van der Waals surface area contributed by atoms with Gasteiger partial charge in [0.1, 0.15) is 5.82 Å². The minimum atomic E-state index is -0.402. The molecule has 0 aromatic heterocycles. The Morgan fingerprint density at radius 1 is 1.58 bits per heavy atom. The molecule has 1 aromatic rings. The molecule has 0 spiro atoms. The maximum absolute atomic E-state index is 13.3. The van der Waals surface area contributed by atoms with Gasteiger partial charge in [0.05, 0.1) is 5.56 Å². The van der Waals surface area contributed by atoms with Crippen LogP contribution in [0.3, 0.4) is 0 Å². The Morgan fingerprint density at radius 3 is 3.00 bits per heavy atom. The number of likely N-dealkylation sites (tertiary alicyclic amines) is 1. The van der Waals surface area contributed by atoms with Gasteiger partial charge in [0.2, 0.25) is 0 Å². The van der Waals surface area contributed by atoms with E-state index in [9.17, 15) is 9.18 Å². The molecule has 0 radical (unpaired) electrons. The van der Waals surface area contributed by atoms with Crippen molar-refractivity contribution in [1.29, 1.82) is 0 Å². The zero-order valence-electron chi connectivity index (χ0n) is 10.9. The van der Waals surface area contributed by atoms with Crippen LogP contribution in [0, 0.1) is 11.7 Å². The van der Waals surface area contributed by atoms with Gasteiger partial charge in [-0.05, 0) is 52.9 Å². The first kappa shape index (κ1) is 14.5. The molecule has 1 aliphatic heterocycles. The lowest BCUT2D eigenvalue weighted by Gasteiger charge is -2.38. The van der Waals surface area contributed by atoms with Crippen LogP contribution in [0.5, 0.6) is 0 Å². The van der Waals surface area contributed by atoms with Gasteiger partial charge in [-0.25, -0.2) is 4.39 Å². The molecule has 19 heavy (non-hydrogen) atoms. The summed E-state index contributed by atoms with van der Waals surface area (Å²) in [5.41, 5.74) is 6.13. The highest BCUT2D eigenvalue weighted by Crippen LogP contribution is 2.26. The first-order valence-electron chi connectivity index (χ1n) is 6.49. The second kappa shape index (κ2) is 6.01. The summed E-state index contributed by atoms with van der Waals surface area (Å²) in [4.78, 5) is 14.3.